The Labute approximate surface area is 160 Å². The highest BCUT2D eigenvalue weighted by Gasteiger charge is 2.36. The minimum absolute atomic E-state index is 0.0573. The minimum Gasteiger partial charge on any atom is -0.388 e. The summed E-state index contributed by atoms with van der Waals surface area (Å²) in [5, 5.41) is 9.90. The van der Waals surface area contributed by atoms with Crippen LogP contribution in [0.1, 0.15) is 77.0 Å². The maximum atomic E-state index is 11.7. The molecule has 0 amide bonds. The van der Waals surface area contributed by atoms with Gasteiger partial charge in [-0.15, -0.1) is 19.7 Å². The van der Waals surface area contributed by atoms with E-state index in [0.29, 0.717) is 0 Å². The Balaban J connectivity index is 0.000000260. The highest BCUT2D eigenvalue weighted by atomic mass is 16.3. The fraction of sp³-hybridized carbons (Fsp3) is 0.625. The summed E-state index contributed by atoms with van der Waals surface area (Å²) in [6, 6.07) is 0. The van der Waals surface area contributed by atoms with Gasteiger partial charge in [0.25, 0.3) is 0 Å². The lowest BCUT2D eigenvalue weighted by molar-refractivity contribution is -0.125. The maximum absolute atomic E-state index is 11.7. The topological polar surface area (TPSA) is 37.3 Å². The van der Waals surface area contributed by atoms with E-state index in [1.54, 1.807) is 6.08 Å². The number of allylic oxidation sites excluding steroid dienone is 3. The zero-order valence-electron chi connectivity index (χ0n) is 16.6. The lowest BCUT2D eigenvalue weighted by Gasteiger charge is -2.39. The second-order valence-corrected chi connectivity index (χ2v) is 8.00. The van der Waals surface area contributed by atoms with Crippen molar-refractivity contribution in [1.82, 2.24) is 0 Å². The molecule has 0 aliphatic heterocycles. The van der Waals surface area contributed by atoms with E-state index in [9.17, 15) is 9.90 Å². The van der Waals surface area contributed by atoms with Gasteiger partial charge < -0.3 is 5.11 Å². The summed E-state index contributed by atoms with van der Waals surface area (Å²) in [7, 11) is 0. The van der Waals surface area contributed by atoms with Crippen molar-refractivity contribution in [1.29, 1.82) is 0 Å². The van der Waals surface area contributed by atoms with E-state index in [-0.39, 0.29) is 22.7 Å². The van der Waals surface area contributed by atoms with Gasteiger partial charge >= 0.3 is 0 Å². The van der Waals surface area contributed by atoms with Crippen molar-refractivity contribution in [2.75, 3.05) is 0 Å². The van der Waals surface area contributed by atoms with Gasteiger partial charge in [-0.2, -0.15) is 0 Å². The van der Waals surface area contributed by atoms with Crippen LogP contribution in [0.15, 0.2) is 50.6 Å². The summed E-state index contributed by atoms with van der Waals surface area (Å²) in [6.07, 6.45) is 20.0. The van der Waals surface area contributed by atoms with Gasteiger partial charge in [0.1, 0.15) is 0 Å². The molecule has 0 aromatic carbocycles. The predicted molar refractivity (Wildman–Crippen MR) is 112 cm³/mol. The number of rotatable bonds is 8. The van der Waals surface area contributed by atoms with Gasteiger partial charge in [0.15, 0.2) is 5.78 Å². The van der Waals surface area contributed by atoms with Crippen molar-refractivity contribution in [2.24, 2.45) is 10.8 Å². The number of aliphatic hydroxyl groups is 1. The molecule has 0 bridgehead atoms. The van der Waals surface area contributed by atoms with Gasteiger partial charge in [-0.1, -0.05) is 63.3 Å². The van der Waals surface area contributed by atoms with Crippen molar-refractivity contribution in [3.8, 4) is 0 Å². The predicted octanol–water partition coefficient (Wildman–Crippen LogP) is 6.33. The first-order valence-electron chi connectivity index (χ1n) is 10.2. The molecule has 0 aromatic rings. The highest BCUT2D eigenvalue weighted by Crippen LogP contribution is 2.43. The first kappa shape index (κ1) is 22.6. The fourth-order valence-corrected chi connectivity index (χ4v) is 4.69. The number of hydrogen-bond donors (Lipinski definition) is 1. The molecule has 0 heterocycles. The Morgan fingerprint density at radius 3 is 1.77 bits per heavy atom. The summed E-state index contributed by atoms with van der Waals surface area (Å²) in [6.45, 7) is 14.8. The van der Waals surface area contributed by atoms with Gasteiger partial charge in [0.2, 0.25) is 0 Å². The first-order chi connectivity index (χ1) is 12.5. The molecule has 1 unspecified atom stereocenters. The van der Waals surface area contributed by atoms with E-state index in [1.165, 1.54) is 44.6 Å². The first-order valence-corrected chi connectivity index (χ1v) is 10.2. The van der Waals surface area contributed by atoms with Crippen LogP contribution in [-0.2, 0) is 4.79 Å². The molecule has 2 saturated carbocycles. The zero-order chi connectivity index (χ0) is 19.5. The lowest BCUT2D eigenvalue weighted by atomic mass is 9.68. The van der Waals surface area contributed by atoms with Crippen LogP contribution in [0.2, 0.25) is 0 Å². The molecule has 2 nitrogen and oxygen atoms in total. The van der Waals surface area contributed by atoms with E-state index in [1.807, 2.05) is 12.2 Å². The molecule has 0 aromatic heterocycles. The van der Waals surface area contributed by atoms with Crippen molar-refractivity contribution in [2.45, 2.75) is 83.2 Å². The second-order valence-electron chi connectivity index (χ2n) is 8.00. The normalized spacial score (nSPS) is 22.0. The SMILES string of the molecule is C=CCC1(C(=O)C=C)CCCCC1.C=CCC1(C(O)C=C)CCCCC1. The molecule has 0 radical (unpaired) electrons. The van der Waals surface area contributed by atoms with Crippen LogP contribution in [-0.4, -0.2) is 17.0 Å². The minimum atomic E-state index is -0.356. The number of carbonyl (C=O) groups excluding carboxylic acids is 1. The Kier molecular flexibility index (Phi) is 9.87. The van der Waals surface area contributed by atoms with Gasteiger partial charge in [0.05, 0.1) is 6.10 Å². The van der Waals surface area contributed by atoms with Crippen molar-refractivity contribution in [3.63, 3.8) is 0 Å². The number of aliphatic hydroxyl groups excluding tert-OH is 1. The molecule has 0 spiro atoms. The standard InChI is InChI=1S/C12H20O.C12H18O/c2*1-3-8-12(11(13)4-2)9-6-5-7-10-12/h3-4,11,13H,1-2,5-10H2;3-4H,1-2,5-10H2. The van der Waals surface area contributed by atoms with Crippen LogP contribution in [0.5, 0.6) is 0 Å². The van der Waals surface area contributed by atoms with E-state index in [2.05, 4.69) is 26.3 Å². The Bertz CT molecular complexity index is 476. The summed E-state index contributed by atoms with van der Waals surface area (Å²) >= 11 is 0. The van der Waals surface area contributed by atoms with Crippen LogP contribution < -0.4 is 0 Å². The molecule has 146 valence electrons. The molecule has 0 saturated heterocycles. The zero-order valence-corrected chi connectivity index (χ0v) is 16.6. The van der Waals surface area contributed by atoms with Crippen molar-refractivity contribution >= 4 is 5.78 Å². The van der Waals surface area contributed by atoms with Crippen LogP contribution >= 0.6 is 0 Å². The Hall–Kier alpha value is -1.41. The number of ketones is 1. The smallest absolute Gasteiger partial charge is 0.161 e. The van der Waals surface area contributed by atoms with Gasteiger partial charge in [0, 0.05) is 10.8 Å². The third-order valence-corrected chi connectivity index (χ3v) is 6.30. The van der Waals surface area contributed by atoms with E-state index >= 15 is 0 Å². The molecule has 2 rings (SSSR count). The highest BCUT2D eigenvalue weighted by molar-refractivity contribution is 5.94. The molecule has 26 heavy (non-hydrogen) atoms. The molecule has 1 N–H and O–H groups in total. The van der Waals surface area contributed by atoms with Gasteiger partial charge in [-0.25, -0.2) is 0 Å². The molecule has 1 atom stereocenters. The number of carbonyl (C=O) groups is 1. The number of hydrogen-bond acceptors (Lipinski definition) is 2. The van der Waals surface area contributed by atoms with Crippen LogP contribution in [0, 0.1) is 10.8 Å². The average molecular weight is 359 g/mol. The molecule has 2 fully saturated rings. The van der Waals surface area contributed by atoms with Crippen molar-refractivity contribution in [3.05, 3.63) is 50.6 Å². The van der Waals surface area contributed by atoms with Crippen LogP contribution in [0.3, 0.4) is 0 Å². The summed E-state index contributed by atoms with van der Waals surface area (Å²) in [5.74, 6) is 0.215. The van der Waals surface area contributed by atoms with Crippen LogP contribution in [0.4, 0.5) is 0 Å². The van der Waals surface area contributed by atoms with E-state index in [0.717, 1.165) is 38.5 Å². The lowest BCUT2D eigenvalue weighted by Crippen LogP contribution is -2.35. The summed E-state index contributed by atoms with van der Waals surface area (Å²) < 4.78 is 0. The third kappa shape index (κ3) is 5.81. The Morgan fingerprint density at radius 2 is 1.35 bits per heavy atom. The van der Waals surface area contributed by atoms with Gasteiger partial charge in [-0.3, -0.25) is 4.79 Å². The van der Waals surface area contributed by atoms with Crippen molar-refractivity contribution < 1.29 is 9.90 Å². The van der Waals surface area contributed by atoms with E-state index in [4.69, 9.17) is 0 Å². The molecular weight excluding hydrogens is 320 g/mol. The molecular formula is C24H38O2. The average Bonchev–Trinajstić information content (AvgIpc) is 2.69. The molecule has 2 heteroatoms. The second kappa shape index (κ2) is 11.3. The quantitative estimate of drug-likeness (QED) is 0.407. The third-order valence-electron chi connectivity index (χ3n) is 6.30. The largest absolute Gasteiger partial charge is 0.388 e. The maximum Gasteiger partial charge on any atom is 0.161 e. The van der Waals surface area contributed by atoms with E-state index < -0.39 is 0 Å². The monoisotopic (exact) mass is 358 g/mol. The fourth-order valence-electron chi connectivity index (χ4n) is 4.69. The molecule has 2 aliphatic carbocycles. The Morgan fingerprint density at radius 1 is 0.846 bits per heavy atom. The summed E-state index contributed by atoms with van der Waals surface area (Å²) in [4.78, 5) is 11.7. The van der Waals surface area contributed by atoms with Crippen LogP contribution in [0.25, 0.3) is 0 Å². The summed E-state index contributed by atoms with van der Waals surface area (Å²) in [5.41, 5.74) is -0.0799. The van der Waals surface area contributed by atoms with Gasteiger partial charge in [-0.05, 0) is 44.6 Å². The molecule has 2 aliphatic rings.